The van der Waals surface area contributed by atoms with E-state index in [2.05, 4.69) is 16.3 Å². The van der Waals surface area contributed by atoms with Crippen molar-refractivity contribution in [2.75, 3.05) is 31.1 Å². The molecule has 0 amide bonds. The van der Waals surface area contributed by atoms with Gasteiger partial charge in [0.05, 0.1) is 6.07 Å². The van der Waals surface area contributed by atoms with E-state index in [1.165, 1.54) is 0 Å². The summed E-state index contributed by atoms with van der Waals surface area (Å²) in [4.78, 5) is 3.78. The number of alkyl halides is 3. The maximum absolute atomic E-state index is 12.5. The van der Waals surface area contributed by atoms with Crippen LogP contribution in [0.25, 0.3) is 0 Å². The number of piperazine rings is 1. The maximum atomic E-state index is 12.5. The van der Waals surface area contributed by atoms with Gasteiger partial charge in [-0.1, -0.05) is 11.3 Å². The molecule has 1 aromatic rings. The van der Waals surface area contributed by atoms with Gasteiger partial charge in [0, 0.05) is 26.2 Å². The molecule has 9 heteroatoms. The minimum Gasteiger partial charge on any atom is -0.344 e. The Hall–Kier alpha value is -1.40. The SMILES string of the molecule is CC(C)(C#N)N1CCN(c2nnc(C(F)(F)F)s2)CC1. The second-order valence-electron chi connectivity index (χ2n) is 5.03. The van der Waals surface area contributed by atoms with Crippen LogP contribution >= 0.6 is 11.3 Å². The van der Waals surface area contributed by atoms with Crippen LogP contribution in [-0.2, 0) is 6.18 Å². The highest BCUT2D eigenvalue weighted by molar-refractivity contribution is 7.15. The average molecular weight is 305 g/mol. The fourth-order valence-corrected chi connectivity index (χ4v) is 2.75. The number of anilines is 1. The molecule has 2 rings (SSSR count). The fraction of sp³-hybridized carbons (Fsp3) is 0.727. The van der Waals surface area contributed by atoms with E-state index < -0.39 is 16.7 Å². The van der Waals surface area contributed by atoms with Crippen molar-refractivity contribution in [2.24, 2.45) is 0 Å². The second-order valence-corrected chi connectivity index (χ2v) is 5.99. The third-order valence-corrected chi connectivity index (χ3v) is 4.30. The number of nitriles is 1. The minimum atomic E-state index is -4.44. The molecule has 5 nitrogen and oxygen atoms in total. The highest BCUT2D eigenvalue weighted by Gasteiger charge is 2.37. The summed E-state index contributed by atoms with van der Waals surface area (Å²) in [5, 5.41) is 15.2. The lowest BCUT2D eigenvalue weighted by molar-refractivity contribution is -0.138. The van der Waals surface area contributed by atoms with Gasteiger partial charge in [0.2, 0.25) is 10.1 Å². The van der Waals surface area contributed by atoms with E-state index in [1.807, 2.05) is 18.7 Å². The third kappa shape index (κ3) is 3.02. The first-order valence-electron chi connectivity index (χ1n) is 6.06. The topological polar surface area (TPSA) is 56.1 Å². The predicted octanol–water partition coefficient (Wildman–Crippen LogP) is 1.98. The molecule has 1 aromatic heterocycles. The normalized spacial score (nSPS) is 18.1. The number of hydrogen-bond acceptors (Lipinski definition) is 6. The molecule has 0 aliphatic carbocycles. The van der Waals surface area contributed by atoms with Gasteiger partial charge in [-0.15, -0.1) is 10.2 Å². The summed E-state index contributed by atoms with van der Waals surface area (Å²) in [5.74, 6) is 0. The first-order valence-corrected chi connectivity index (χ1v) is 6.87. The van der Waals surface area contributed by atoms with Crippen LogP contribution in [0.15, 0.2) is 0 Å². The Morgan fingerprint density at radius 2 is 1.75 bits per heavy atom. The monoisotopic (exact) mass is 305 g/mol. The molecule has 0 aromatic carbocycles. The number of rotatable bonds is 2. The van der Waals surface area contributed by atoms with Crippen LogP contribution in [0.1, 0.15) is 18.9 Å². The molecule has 0 unspecified atom stereocenters. The molecule has 0 saturated carbocycles. The van der Waals surface area contributed by atoms with Gasteiger partial charge in [-0.3, -0.25) is 4.90 Å². The van der Waals surface area contributed by atoms with Crippen LogP contribution in [0.5, 0.6) is 0 Å². The Bertz CT molecular complexity index is 511. The van der Waals surface area contributed by atoms with Crippen LogP contribution in [0.3, 0.4) is 0 Å². The maximum Gasteiger partial charge on any atom is 0.445 e. The lowest BCUT2D eigenvalue weighted by atomic mass is 10.0. The molecule has 1 fully saturated rings. The number of hydrogen-bond donors (Lipinski definition) is 0. The molecule has 110 valence electrons. The zero-order chi connectivity index (χ0) is 15.0. The quantitative estimate of drug-likeness (QED) is 0.836. The Morgan fingerprint density at radius 1 is 1.15 bits per heavy atom. The van der Waals surface area contributed by atoms with Crippen molar-refractivity contribution in [3.8, 4) is 6.07 Å². The second kappa shape index (κ2) is 5.18. The van der Waals surface area contributed by atoms with Crippen molar-refractivity contribution in [3.05, 3.63) is 5.01 Å². The van der Waals surface area contributed by atoms with Crippen molar-refractivity contribution < 1.29 is 13.2 Å². The van der Waals surface area contributed by atoms with E-state index in [0.717, 1.165) is 0 Å². The van der Waals surface area contributed by atoms with Gasteiger partial charge in [0.15, 0.2) is 0 Å². The van der Waals surface area contributed by atoms with E-state index in [1.54, 1.807) is 4.90 Å². The van der Waals surface area contributed by atoms with Crippen molar-refractivity contribution in [2.45, 2.75) is 25.6 Å². The van der Waals surface area contributed by atoms with Gasteiger partial charge in [-0.25, -0.2) is 0 Å². The summed E-state index contributed by atoms with van der Waals surface area (Å²) in [6.07, 6.45) is -4.44. The van der Waals surface area contributed by atoms with Gasteiger partial charge in [-0.05, 0) is 13.8 Å². The molecule has 1 saturated heterocycles. The number of halogens is 3. The zero-order valence-corrected chi connectivity index (χ0v) is 11.9. The lowest BCUT2D eigenvalue weighted by Gasteiger charge is -2.40. The molecule has 0 N–H and O–H groups in total. The first kappa shape index (κ1) is 15.0. The molecule has 1 aliphatic heterocycles. The molecule has 0 spiro atoms. The Morgan fingerprint density at radius 3 is 2.20 bits per heavy atom. The van der Waals surface area contributed by atoms with Crippen molar-refractivity contribution in [1.29, 1.82) is 5.26 Å². The van der Waals surface area contributed by atoms with Gasteiger partial charge in [0.1, 0.15) is 5.54 Å². The van der Waals surface area contributed by atoms with Gasteiger partial charge in [-0.2, -0.15) is 18.4 Å². The van der Waals surface area contributed by atoms with Crippen molar-refractivity contribution >= 4 is 16.5 Å². The highest BCUT2D eigenvalue weighted by Crippen LogP contribution is 2.34. The smallest absolute Gasteiger partial charge is 0.344 e. The summed E-state index contributed by atoms with van der Waals surface area (Å²) in [6.45, 7) is 5.96. The Balaban J connectivity index is 2.01. The van der Waals surface area contributed by atoms with Crippen molar-refractivity contribution in [1.82, 2.24) is 15.1 Å². The summed E-state index contributed by atoms with van der Waals surface area (Å²) >= 11 is 0.556. The first-order chi connectivity index (χ1) is 9.24. The standard InChI is InChI=1S/C11H14F3N5S/c1-10(2,7-15)19-5-3-18(4-6-19)9-17-16-8(20-9)11(12,13)14/h3-6H2,1-2H3. The van der Waals surface area contributed by atoms with E-state index >= 15 is 0 Å². The molecule has 0 atom stereocenters. The van der Waals surface area contributed by atoms with Crippen LogP contribution < -0.4 is 4.90 Å². The molecule has 20 heavy (non-hydrogen) atoms. The molecular weight excluding hydrogens is 291 g/mol. The van der Waals surface area contributed by atoms with Gasteiger partial charge in [0.25, 0.3) is 0 Å². The summed E-state index contributed by atoms with van der Waals surface area (Å²) < 4.78 is 37.4. The number of nitrogens with zero attached hydrogens (tertiary/aromatic N) is 5. The summed E-state index contributed by atoms with van der Waals surface area (Å²) in [6, 6.07) is 2.22. The van der Waals surface area contributed by atoms with Crippen LogP contribution in [0.4, 0.5) is 18.3 Å². The van der Waals surface area contributed by atoms with Crippen molar-refractivity contribution in [3.63, 3.8) is 0 Å². The van der Waals surface area contributed by atoms with Crippen LogP contribution in [0, 0.1) is 11.3 Å². The fourth-order valence-electron chi connectivity index (χ4n) is 1.99. The predicted molar refractivity (Wildman–Crippen MR) is 68.4 cm³/mol. The van der Waals surface area contributed by atoms with E-state index in [9.17, 15) is 13.2 Å². The van der Waals surface area contributed by atoms with Crippen LogP contribution in [0.2, 0.25) is 0 Å². The molecule has 2 heterocycles. The van der Waals surface area contributed by atoms with E-state index in [-0.39, 0.29) is 5.13 Å². The zero-order valence-electron chi connectivity index (χ0n) is 11.1. The Labute approximate surface area is 118 Å². The average Bonchev–Trinajstić information content (AvgIpc) is 2.88. The lowest BCUT2D eigenvalue weighted by Crippen LogP contribution is -2.54. The molecule has 0 radical (unpaired) electrons. The van der Waals surface area contributed by atoms with Gasteiger partial charge >= 0.3 is 6.18 Å². The summed E-state index contributed by atoms with van der Waals surface area (Å²) in [7, 11) is 0. The molecule has 0 bridgehead atoms. The molecular formula is C11H14F3N5S. The largest absolute Gasteiger partial charge is 0.445 e. The summed E-state index contributed by atoms with van der Waals surface area (Å²) in [5.41, 5.74) is -0.565. The van der Waals surface area contributed by atoms with Gasteiger partial charge < -0.3 is 4.90 Å². The molecule has 1 aliphatic rings. The number of aromatic nitrogens is 2. The van der Waals surface area contributed by atoms with E-state index in [0.29, 0.717) is 37.5 Å². The van der Waals surface area contributed by atoms with E-state index in [4.69, 9.17) is 5.26 Å². The van der Waals surface area contributed by atoms with Crippen LogP contribution in [-0.4, -0.2) is 46.8 Å². The minimum absolute atomic E-state index is 0.284. The third-order valence-electron chi connectivity index (χ3n) is 3.27. The highest BCUT2D eigenvalue weighted by atomic mass is 32.1. The Kier molecular flexibility index (Phi) is 3.88.